The van der Waals surface area contributed by atoms with Gasteiger partial charge in [-0.05, 0) is 34.5 Å². The fourth-order valence-corrected chi connectivity index (χ4v) is 3.44. The molecule has 0 radical (unpaired) electrons. The van der Waals surface area contributed by atoms with Crippen molar-refractivity contribution < 1.29 is 0 Å². The Morgan fingerprint density at radius 2 is 1.07 bits per heavy atom. The first-order valence-electron chi connectivity index (χ1n) is 7.70. The highest BCUT2D eigenvalue weighted by atomic mass is 35.5. The number of benzene rings is 2. The van der Waals surface area contributed by atoms with E-state index in [1.807, 2.05) is 0 Å². The summed E-state index contributed by atoms with van der Waals surface area (Å²) < 4.78 is 0. The predicted molar refractivity (Wildman–Crippen MR) is 121 cm³/mol. The summed E-state index contributed by atoms with van der Waals surface area (Å²) in [6.45, 7) is 0. The lowest BCUT2D eigenvalue weighted by atomic mass is 10.1. The Morgan fingerprint density at radius 1 is 0.571 bits per heavy atom. The monoisotopic (exact) mass is 489 g/mol. The molecule has 0 aliphatic heterocycles. The molecule has 0 N–H and O–H groups in total. The Hall–Kier alpha value is -1.33. The summed E-state index contributed by atoms with van der Waals surface area (Å²) in [6, 6.07) is 6.86. The summed E-state index contributed by atoms with van der Waals surface area (Å²) in [5, 5.41) is 13.6. The highest BCUT2D eigenvalue weighted by Gasteiger charge is 2.08. The third-order valence-corrected chi connectivity index (χ3v) is 6.31. The molecule has 28 heavy (non-hydrogen) atoms. The summed E-state index contributed by atoms with van der Waals surface area (Å²) in [6.07, 6.45) is 8.66. The topological polar surface area (TPSA) is 38.7 Å². The van der Waals surface area contributed by atoms with Gasteiger partial charge in [-0.1, -0.05) is 100.0 Å². The number of hydrogen-bond acceptors (Lipinski definition) is 3. The molecule has 0 bridgehead atoms. The fourth-order valence-electron chi connectivity index (χ4n) is 2.23. The molecule has 1 aromatic heterocycles. The van der Waals surface area contributed by atoms with E-state index in [0.717, 1.165) is 0 Å². The molecule has 1 heterocycles. The summed E-state index contributed by atoms with van der Waals surface area (Å²) in [5.41, 5.74) is 2.68. The smallest absolute Gasteiger partial charge is 0.0963 e. The van der Waals surface area contributed by atoms with E-state index >= 15 is 0 Å². The van der Waals surface area contributed by atoms with E-state index in [1.165, 1.54) is 0 Å². The minimum absolute atomic E-state index is 0.292. The van der Waals surface area contributed by atoms with Crippen LogP contribution in [0.1, 0.15) is 22.4 Å². The highest BCUT2D eigenvalue weighted by molar-refractivity contribution is 6.49. The summed E-state index contributed by atoms with van der Waals surface area (Å²) in [7, 11) is 0. The summed E-state index contributed by atoms with van der Waals surface area (Å²) in [4.78, 5) is 0. The Morgan fingerprint density at radius 3 is 1.64 bits per heavy atom. The molecular weight excluding hydrogens is 483 g/mol. The van der Waals surface area contributed by atoms with Gasteiger partial charge in [0.2, 0.25) is 0 Å². The van der Waals surface area contributed by atoms with Gasteiger partial charge in [0.1, 0.15) is 0 Å². The van der Waals surface area contributed by atoms with Gasteiger partial charge in [-0.25, -0.2) is 0 Å². The third kappa shape index (κ3) is 4.80. The van der Waals surface area contributed by atoms with Crippen LogP contribution in [0.25, 0.3) is 24.3 Å². The van der Waals surface area contributed by atoms with Crippen molar-refractivity contribution in [2.45, 2.75) is 0 Å². The van der Waals surface area contributed by atoms with Crippen LogP contribution in [0.3, 0.4) is 0 Å². The first-order chi connectivity index (χ1) is 13.4. The molecule has 0 spiro atoms. The Balaban J connectivity index is 1.92. The highest BCUT2D eigenvalue weighted by Crippen LogP contribution is 2.34. The largest absolute Gasteiger partial charge is 0.138 e. The van der Waals surface area contributed by atoms with Crippen molar-refractivity contribution in [3.05, 3.63) is 83.0 Å². The van der Waals surface area contributed by atoms with Gasteiger partial charge in [0.25, 0.3) is 0 Å². The molecule has 0 fully saturated rings. The lowest BCUT2D eigenvalue weighted by Gasteiger charge is -2.04. The molecule has 3 aromatic rings. The van der Waals surface area contributed by atoms with Crippen LogP contribution in [-0.2, 0) is 0 Å². The summed E-state index contributed by atoms with van der Waals surface area (Å²) >= 11 is 36.5. The molecule has 2 aromatic carbocycles. The first-order valence-corrected chi connectivity index (χ1v) is 9.96. The number of nitrogens with zero attached hydrogens (tertiary/aromatic N) is 3. The number of halogens is 6. The van der Waals surface area contributed by atoms with Crippen molar-refractivity contribution in [2.24, 2.45) is 0 Å². The zero-order valence-corrected chi connectivity index (χ0v) is 18.3. The predicted octanol–water partition coefficient (Wildman–Crippen LogP) is 8.13. The number of hydrogen-bond donors (Lipinski definition) is 0. The van der Waals surface area contributed by atoms with Crippen LogP contribution in [0, 0.1) is 0 Å². The molecule has 0 aliphatic rings. The van der Waals surface area contributed by atoms with Crippen molar-refractivity contribution in [1.29, 1.82) is 0 Å². The molecule has 0 atom stereocenters. The Bertz CT molecular complexity index is 1010. The van der Waals surface area contributed by atoms with Crippen molar-refractivity contribution >= 4 is 93.9 Å². The fraction of sp³-hybridized carbons (Fsp3) is 0. The second-order valence-electron chi connectivity index (χ2n) is 5.47. The van der Waals surface area contributed by atoms with Gasteiger partial charge >= 0.3 is 0 Å². The Labute approximate surface area is 191 Å². The number of rotatable bonds is 4. The van der Waals surface area contributed by atoms with Gasteiger partial charge in [0.15, 0.2) is 0 Å². The maximum Gasteiger partial charge on any atom is 0.0963 e. The van der Waals surface area contributed by atoms with Crippen molar-refractivity contribution in [2.75, 3.05) is 0 Å². The lowest BCUT2D eigenvalue weighted by molar-refractivity contribution is 0.854. The van der Waals surface area contributed by atoms with Gasteiger partial charge in [-0.3, -0.25) is 0 Å². The van der Waals surface area contributed by atoms with Crippen molar-refractivity contribution in [3.8, 4) is 0 Å². The van der Waals surface area contributed by atoms with E-state index in [-0.39, 0.29) is 0 Å². The van der Waals surface area contributed by atoms with Crippen LogP contribution in [0.5, 0.6) is 0 Å². The van der Waals surface area contributed by atoms with Crippen LogP contribution in [0.15, 0.2) is 30.5 Å². The molecule has 0 unspecified atom stereocenters. The molecule has 9 heteroatoms. The van der Waals surface area contributed by atoms with Crippen LogP contribution < -0.4 is 0 Å². The normalized spacial score (nSPS) is 11.6. The number of aromatic nitrogens is 3. The molecular formula is C19H9Cl6N3. The Kier molecular flexibility index (Phi) is 7.21. The van der Waals surface area contributed by atoms with Gasteiger partial charge in [0, 0.05) is 5.56 Å². The van der Waals surface area contributed by atoms with Crippen LogP contribution in [0.2, 0.25) is 30.1 Å². The second-order valence-corrected chi connectivity index (χ2v) is 7.80. The van der Waals surface area contributed by atoms with E-state index in [1.54, 1.807) is 54.8 Å². The maximum atomic E-state index is 6.23. The van der Waals surface area contributed by atoms with E-state index in [2.05, 4.69) is 15.4 Å². The quantitative estimate of drug-likeness (QED) is 0.346. The SMILES string of the molecule is Clc1ccc(/C=C/c2cnnnc2/C=C/c2ccc(Cl)c(Cl)c2Cl)c(Cl)c1Cl. The van der Waals surface area contributed by atoms with Gasteiger partial charge < -0.3 is 0 Å². The molecule has 0 aliphatic carbocycles. The zero-order chi connectivity index (χ0) is 20.3. The lowest BCUT2D eigenvalue weighted by Crippen LogP contribution is -1.93. The van der Waals surface area contributed by atoms with E-state index in [9.17, 15) is 0 Å². The summed E-state index contributed by atoms with van der Waals surface area (Å²) in [5.74, 6) is 0. The molecule has 0 saturated heterocycles. The standard InChI is InChI=1S/C19H9Cl6N3/c20-13-6-3-10(16(22)18(13)24)1-2-12-9-26-28-27-15(12)8-5-11-4-7-14(21)19(25)17(11)23/h1-9H/b2-1+,8-5+. The van der Waals surface area contributed by atoms with Crippen molar-refractivity contribution in [1.82, 2.24) is 15.4 Å². The molecule has 142 valence electrons. The first kappa shape index (κ1) is 21.4. The van der Waals surface area contributed by atoms with Crippen molar-refractivity contribution in [3.63, 3.8) is 0 Å². The molecule has 0 saturated carbocycles. The van der Waals surface area contributed by atoms with E-state index < -0.39 is 0 Å². The van der Waals surface area contributed by atoms with Crippen LogP contribution in [-0.4, -0.2) is 15.4 Å². The minimum Gasteiger partial charge on any atom is -0.138 e. The van der Waals surface area contributed by atoms with E-state index in [0.29, 0.717) is 52.5 Å². The van der Waals surface area contributed by atoms with Crippen LogP contribution >= 0.6 is 69.6 Å². The van der Waals surface area contributed by atoms with Gasteiger partial charge in [-0.2, -0.15) is 0 Å². The molecule has 0 amide bonds. The maximum absolute atomic E-state index is 6.23. The van der Waals surface area contributed by atoms with E-state index in [4.69, 9.17) is 69.6 Å². The second kappa shape index (κ2) is 9.45. The van der Waals surface area contributed by atoms with Gasteiger partial charge in [-0.15, -0.1) is 10.2 Å². The van der Waals surface area contributed by atoms with Crippen LogP contribution in [0.4, 0.5) is 0 Å². The molecule has 3 rings (SSSR count). The average molecular weight is 492 g/mol. The third-order valence-electron chi connectivity index (χ3n) is 3.69. The zero-order valence-electron chi connectivity index (χ0n) is 13.8. The average Bonchev–Trinajstić information content (AvgIpc) is 2.70. The van der Waals surface area contributed by atoms with Gasteiger partial charge in [0.05, 0.1) is 42.0 Å². The molecule has 3 nitrogen and oxygen atoms in total. The minimum atomic E-state index is 0.292.